The van der Waals surface area contributed by atoms with Crippen molar-refractivity contribution < 1.29 is 0 Å². The van der Waals surface area contributed by atoms with Crippen LogP contribution in [-0.4, -0.2) is 40.2 Å². The molecule has 2 N–H and O–H groups in total. The Balaban J connectivity index is 0.00000288. The average Bonchev–Trinajstić information content (AvgIpc) is 2.99. The van der Waals surface area contributed by atoms with Gasteiger partial charge in [0.25, 0.3) is 0 Å². The summed E-state index contributed by atoms with van der Waals surface area (Å²) < 4.78 is 2.02. The quantitative estimate of drug-likeness (QED) is 0.374. The van der Waals surface area contributed by atoms with Crippen LogP contribution in [0.1, 0.15) is 39.4 Å². The Morgan fingerprint density at radius 1 is 1.17 bits per heavy atom. The second kappa shape index (κ2) is 11.2. The SMILES string of the molecule is CCNC(=NCC(CC)CC)NCCc1nnc2ccccn12.I. The molecule has 0 amide bonds. The number of nitrogens with one attached hydrogen (secondary N) is 2. The molecule has 2 heterocycles. The van der Waals surface area contributed by atoms with Crippen molar-refractivity contribution in [3.8, 4) is 0 Å². The Morgan fingerprint density at radius 3 is 2.67 bits per heavy atom. The van der Waals surface area contributed by atoms with Gasteiger partial charge in [0, 0.05) is 32.3 Å². The lowest BCUT2D eigenvalue weighted by Crippen LogP contribution is -2.38. The van der Waals surface area contributed by atoms with Crippen LogP contribution in [0, 0.1) is 5.92 Å². The van der Waals surface area contributed by atoms with Crippen LogP contribution in [0.25, 0.3) is 5.65 Å². The van der Waals surface area contributed by atoms with Gasteiger partial charge in [0.2, 0.25) is 0 Å². The van der Waals surface area contributed by atoms with E-state index in [1.54, 1.807) is 0 Å². The number of aliphatic imine (C=N–C) groups is 1. The fourth-order valence-electron chi connectivity index (χ4n) is 2.46. The molecule has 0 aromatic carbocycles. The Kier molecular flexibility index (Phi) is 9.66. The fraction of sp³-hybridized carbons (Fsp3) is 0.588. The summed E-state index contributed by atoms with van der Waals surface area (Å²) in [5.41, 5.74) is 0.886. The minimum Gasteiger partial charge on any atom is -0.357 e. The molecule has 7 heteroatoms. The van der Waals surface area contributed by atoms with Gasteiger partial charge in [-0.3, -0.25) is 9.39 Å². The highest BCUT2D eigenvalue weighted by Crippen LogP contribution is 2.07. The van der Waals surface area contributed by atoms with Crippen molar-refractivity contribution in [3.63, 3.8) is 0 Å². The molecule has 0 aliphatic heterocycles. The van der Waals surface area contributed by atoms with Gasteiger partial charge in [0.05, 0.1) is 0 Å². The highest BCUT2D eigenvalue weighted by Gasteiger charge is 2.06. The maximum Gasteiger partial charge on any atom is 0.191 e. The predicted octanol–water partition coefficient (Wildman–Crippen LogP) is 2.88. The molecule has 0 bridgehead atoms. The summed E-state index contributed by atoms with van der Waals surface area (Å²) in [6.45, 7) is 9.05. The van der Waals surface area contributed by atoms with Crippen LogP contribution in [0.3, 0.4) is 0 Å². The second-order valence-corrected chi connectivity index (χ2v) is 5.62. The van der Waals surface area contributed by atoms with E-state index in [2.05, 4.69) is 46.6 Å². The minimum atomic E-state index is 0. The molecule has 0 unspecified atom stereocenters. The molecule has 0 fully saturated rings. The first kappa shape index (κ1) is 20.7. The van der Waals surface area contributed by atoms with E-state index in [4.69, 9.17) is 0 Å². The number of hydrogen-bond donors (Lipinski definition) is 2. The number of fused-ring (bicyclic) bond motifs is 1. The van der Waals surface area contributed by atoms with Crippen molar-refractivity contribution in [1.29, 1.82) is 0 Å². The van der Waals surface area contributed by atoms with Crippen molar-refractivity contribution in [2.45, 2.75) is 40.0 Å². The van der Waals surface area contributed by atoms with Gasteiger partial charge in [-0.15, -0.1) is 34.2 Å². The van der Waals surface area contributed by atoms with Crippen molar-refractivity contribution in [3.05, 3.63) is 30.2 Å². The zero-order valence-electron chi connectivity index (χ0n) is 14.8. The van der Waals surface area contributed by atoms with Gasteiger partial charge in [0.1, 0.15) is 5.82 Å². The number of hydrogen-bond acceptors (Lipinski definition) is 3. The van der Waals surface area contributed by atoms with Gasteiger partial charge < -0.3 is 10.6 Å². The minimum absolute atomic E-state index is 0. The van der Waals surface area contributed by atoms with Gasteiger partial charge in [-0.25, -0.2) is 0 Å². The second-order valence-electron chi connectivity index (χ2n) is 5.62. The van der Waals surface area contributed by atoms with Crippen LogP contribution in [0.2, 0.25) is 0 Å². The lowest BCUT2D eigenvalue weighted by molar-refractivity contribution is 0.504. The van der Waals surface area contributed by atoms with E-state index in [1.807, 2.05) is 28.8 Å². The third kappa shape index (κ3) is 5.92. The number of aromatic nitrogens is 3. The number of halogens is 1. The molecule has 0 aliphatic rings. The first-order valence-corrected chi connectivity index (χ1v) is 8.59. The van der Waals surface area contributed by atoms with Gasteiger partial charge in [-0.05, 0) is 25.0 Å². The summed E-state index contributed by atoms with van der Waals surface area (Å²) in [5.74, 6) is 2.50. The van der Waals surface area contributed by atoms with Gasteiger partial charge in [0.15, 0.2) is 11.6 Å². The molecule has 2 rings (SSSR count). The van der Waals surface area contributed by atoms with Gasteiger partial charge >= 0.3 is 0 Å². The van der Waals surface area contributed by atoms with Crippen molar-refractivity contribution in [2.24, 2.45) is 10.9 Å². The largest absolute Gasteiger partial charge is 0.357 e. The summed E-state index contributed by atoms with van der Waals surface area (Å²) in [7, 11) is 0. The van der Waals surface area contributed by atoms with E-state index < -0.39 is 0 Å². The summed E-state index contributed by atoms with van der Waals surface area (Å²) >= 11 is 0. The average molecular weight is 444 g/mol. The summed E-state index contributed by atoms with van der Waals surface area (Å²) in [6, 6.07) is 5.93. The molecule has 0 atom stereocenters. The van der Waals surface area contributed by atoms with Crippen molar-refractivity contribution in [1.82, 2.24) is 25.2 Å². The third-order valence-electron chi connectivity index (χ3n) is 4.03. The normalized spacial score (nSPS) is 11.6. The lowest BCUT2D eigenvalue weighted by atomic mass is 10.0. The standard InChI is InChI=1S/C17H28N6.HI/c1-4-14(5-2)13-20-17(18-6-3)19-11-10-16-22-21-15-9-7-8-12-23(15)16;/h7-9,12,14H,4-6,10-11,13H2,1-3H3,(H2,18,19,20);1H. The molecule has 6 nitrogen and oxygen atoms in total. The maximum absolute atomic E-state index is 4.69. The van der Waals surface area contributed by atoms with Gasteiger partial charge in [-0.2, -0.15) is 0 Å². The first-order chi connectivity index (χ1) is 11.3. The van der Waals surface area contributed by atoms with Crippen LogP contribution in [0.4, 0.5) is 0 Å². The third-order valence-corrected chi connectivity index (χ3v) is 4.03. The molecule has 0 aliphatic carbocycles. The predicted molar refractivity (Wildman–Crippen MR) is 110 cm³/mol. The highest BCUT2D eigenvalue weighted by atomic mass is 127. The first-order valence-electron chi connectivity index (χ1n) is 8.59. The van der Waals surface area contributed by atoms with E-state index in [9.17, 15) is 0 Å². The smallest absolute Gasteiger partial charge is 0.191 e. The molecule has 2 aromatic heterocycles. The summed E-state index contributed by atoms with van der Waals surface area (Å²) in [4.78, 5) is 4.69. The maximum atomic E-state index is 4.69. The van der Waals surface area contributed by atoms with Crippen LogP contribution in [0.15, 0.2) is 29.4 Å². The molecule has 0 radical (unpaired) electrons. The molecular formula is C17H29IN6. The highest BCUT2D eigenvalue weighted by molar-refractivity contribution is 14.0. The molecular weight excluding hydrogens is 415 g/mol. The molecule has 0 saturated carbocycles. The van der Waals surface area contributed by atoms with Crippen LogP contribution in [0.5, 0.6) is 0 Å². The van der Waals surface area contributed by atoms with Crippen LogP contribution in [-0.2, 0) is 6.42 Å². The number of pyridine rings is 1. The Labute approximate surface area is 161 Å². The van der Waals surface area contributed by atoms with E-state index in [-0.39, 0.29) is 24.0 Å². The molecule has 0 spiro atoms. The Bertz CT molecular complexity index is 620. The fourth-order valence-corrected chi connectivity index (χ4v) is 2.46. The lowest BCUT2D eigenvalue weighted by Gasteiger charge is -2.13. The Hall–Kier alpha value is -1.38. The zero-order chi connectivity index (χ0) is 16.5. The monoisotopic (exact) mass is 444 g/mol. The van der Waals surface area contributed by atoms with Crippen molar-refractivity contribution >= 4 is 35.6 Å². The Morgan fingerprint density at radius 2 is 1.96 bits per heavy atom. The summed E-state index contributed by atoms with van der Waals surface area (Å²) in [5, 5.41) is 15.1. The zero-order valence-corrected chi connectivity index (χ0v) is 17.2. The number of rotatable bonds is 8. The number of nitrogens with zero attached hydrogens (tertiary/aromatic N) is 4. The summed E-state index contributed by atoms with van der Waals surface area (Å²) in [6.07, 6.45) is 5.15. The van der Waals surface area contributed by atoms with Crippen LogP contribution < -0.4 is 10.6 Å². The van der Waals surface area contributed by atoms with E-state index in [0.29, 0.717) is 5.92 Å². The van der Waals surface area contributed by atoms with Crippen LogP contribution >= 0.6 is 24.0 Å². The van der Waals surface area contributed by atoms with E-state index >= 15 is 0 Å². The topological polar surface area (TPSA) is 66.6 Å². The number of guanidine groups is 1. The van der Waals surface area contributed by atoms with E-state index in [0.717, 1.165) is 43.5 Å². The molecule has 134 valence electrons. The van der Waals surface area contributed by atoms with Crippen molar-refractivity contribution in [2.75, 3.05) is 19.6 Å². The molecule has 2 aromatic rings. The van der Waals surface area contributed by atoms with E-state index in [1.165, 1.54) is 12.8 Å². The molecule has 0 saturated heterocycles. The van der Waals surface area contributed by atoms with Gasteiger partial charge in [-0.1, -0.05) is 32.8 Å². The molecule has 24 heavy (non-hydrogen) atoms.